The zero-order chi connectivity index (χ0) is 17.9. The Morgan fingerprint density at radius 1 is 0.760 bits per heavy atom. The van der Waals surface area contributed by atoms with Crippen LogP contribution in [0.3, 0.4) is 0 Å². The number of anilines is 1. The molecule has 4 rings (SSSR count). The molecular formula is C21H16FNO2. The number of hydrogen-bond donors (Lipinski definition) is 0. The van der Waals surface area contributed by atoms with E-state index in [2.05, 4.69) is 0 Å². The summed E-state index contributed by atoms with van der Waals surface area (Å²) >= 11 is 0. The van der Waals surface area contributed by atoms with Gasteiger partial charge in [0.15, 0.2) is 0 Å². The molecule has 0 saturated carbocycles. The standard InChI is InChI=1S/C21H16FNO2/c1-11-12(2)17-18(19(22)13(11)3)21(25)23(20(17)24)16-9-8-14-6-4-5-7-15(14)10-16/h4-10H,1-3H3. The van der Waals surface area contributed by atoms with E-state index in [9.17, 15) is 14.0 Å². The monoisotopic (exact) mass is 333 g/mol. The topological polar surface area (TPSA) is 37.4 Å². The highest BCUT2D eigenvalue weighted by atomic mass is 19.1. The number of imide groups is 1. The highest BCUT2D eigenvalue weighted by Gasteiger charge is 2.41. The van der Waals surface area contributed by atoms with E-state index in [1.807, 2.05) is 30.3 Å². The van der Waals surface area contributed by atoms with Crippen LogP contribution in [0.5, 0.6) is 0 Å². The summed E-state index contributed by atoms with van der Waals surface area (Å²) in [7, 11) is 0. The maximum atomic E-state index is 14.7. The van der Waals surface area contributed by atoms with Crippen molar-refractivity contribution in [2.24, 2.45) is 0 Å². The van der Waals surface area contributed by atoms with Gasteiger partial charge in [-0.1, -0.05) is 30.3 Å². The number of rotatable bonds is 1. The Bertz CT molecular complexity index is 1040. The number of amides is 2. The number of halogens is 1. The number of fused-ring (bicyclic) bond motifs is 2. The van der Waals surface area contributed by atoms with Gasteiger partial charge >= 0.3 is 0 Å². The lowest BCUT2D eigenvalue weighted by atomic mass is 9.94. The quantitative estimate of drug-likeness (QED) is 0.605. The molecule has 0 N–H and O–H groups in total. The van der Waals surface area contributed by atoms with E-state index in [0.717, 1.165) is 15.7 Å². The lowest BCUT2D eigenvalue weighted by Crippen LogP contribution is -2.29. The molecule has 0 fully saturated rings. The molecule has 1 heterocycles. The SMILES string of the molecule is Cc1c(C)c(F)c2c(c1C)C(=O)N(c1ccc3ccccc3c1)C2=O. The first-order valence-electron chi connectivity index (χ1n) is 8.08. The van der Waals surface area contributed by atoms with Crippen molar-refractivity contribution >= 4 is 28.3 Å². The van der Waals surface area contributed by atoms with E-state index in [4.69, 9.17) is 0 Å². The summed E-state index contributed by atoms with van der Waals surface area (Å²) in [6.45, 7) is 5.16. The van der Waals surface area contributed by atoms with Crippen molar-refractivity contribution in [2.75, 3.05) is 4.90 Å². The average Bonchev–Trinajstić information content (AvgIpc) is 2.88. The van der Waals surface area contributed by atoms with Crippen molar-refractivity contribution in [1.82, 2.24) is 0 Å². The van der Waals surface area contributed by atoms with Gasteiger partial charge in [-0.15, -0.1) is 0 Å². The number of carbonyl (C=O) groups excluding carboxylic acids is 2. The van der Waals surface area contributed by atoms with Gasteiger partial charge in [0, 0.05) is 0 Å². The summed E-state index contributed by atoms with van der Waals surface area (Å²) in [6.07, 6.45) is 0. The largest absolute Gasteiger partial charge is 0.269 e. The third-order valence-corrected chi connectivity index (χ3v) is 5.12. The van der Waals surface area contributed by atoms with Crippen molar-refractivity contribution in [3.8, 4) is 0 Å². The molecule has 1 aliphatic heterocycles. The summed E-state index contributed by atoms with van der Waals surface area (Å²) in [6, 6.07) is 13.0. The molecule has 0 spiro atoms. The molecule has 4 heteroatoms. The minimum atomic E-state index is -0.598. The van der Waals surface area contributed by atoms with Gasteiger partial charge < -0.3 is 0 Å². The molecule has 2 amide bonds. The summed E-state index contributed by atoms with van der Waals surface area (Å²) in [4.78, 5) is 26.8. The predicted molar refractivity (Wildman–Crippen MR) is 95.7 cm³/mol. The Morgan fingerprint density at radius 2 is 1.40 bits per heavy atom. The minimum absolute atomic E-state index is 0.112. The molecule has 3 nitrogen and oxygen atoms in total. The van der Waals surface area contributed by atoms with Crippen molar-refractivity contribution in [3.05, 3.63) is 76.1 Å². The fourth-order valence-corrected chi connectivity index (χ4v) is 3.45. The Labute approximate surface area is 144 Å². The Kier molecular flexibility index (Phi) is 3.25. The molecule has 0 aromatic heterocycles. The second-order valence-electron chi connectivity index (χ2n) is 6.42. The first-order chi connectivity index (χ1) is 11.9. The van der Waals surface area contributed by atoms with Crippen LogP contribution in [0.15, 0.2) is 42.5 Å². The molecule has 1 aliphatic rings. The zero-order valence-electron chi connectivity index (χ0n) is 14.2. The van der Waals surface area contributed by atoms with Crippen molar-refractivity contribution in [1.29, 1.82) is 0 Å². The van der Waals surface area contributed by atoms with Gasteiger partial charge in [0.1, 0.15) is 5.82 Å². The normalized spacial score (nSPS) is 13.7. The van der Waals surface area contributed by atoms with Crippen molar-refractivity contribution in [2.45, 2.75) is 20.8 Å². The number of benzene rings is 3. The van der Waals surface area contributed by atoms with Gasteiger partial charge in [0.05, 0.1) is 16.8 Å². The van der Waals surface area contributed by atoms with Gasteiger partial charge in [0.25, 0.3) is 11.8 Å². The fraction of sp³-hybridized carbons (Fsp3) is 0.143. The van der Waals surface area contributed by atoms with Crippen LogP contribution in [0.1, 0.15) is 37.4 Å². The van der Waals surface area contributed by atoms with Gasteiger partial charge in [-0.3, -0.25) is 9.59 Å². The predicted octanol–water partition coefficient (Wildman–Crippen LogP) is 4.70. The van der Waals surface area contributed by atoms with Crippen LogP contribution in [0.2, 0.25) is 0 Å². The van der Waals surface area contributed by atoms with Crippen LogP contribution >= 0.6 is 0 Å². The molecule has 0 saturated heterocycles. The maximum absolute atomic E-state index is 14.7. The first kappa shape index (κ1) is 15.5. The van der Waals surface area contributed by atoms with Crippen LogP contribution in [-0.4, -0.2) is 11.8 Å². The molecule has 3 aromatic rings. The highest BCUT2D eigenvalue weighted by molar-refractivity contribution is 6.35. The summed E-state index contributed by atoms with van der Waals surface area (Å²) < 4.78 is 14.7. The molecule has 0 aliphatic carbocycles. The molecule has 25 heavy (non-hydrogen) atoms. The highest BCUT2D eigenvalue weighted by Crippen LogP contribution is 2.36. The number of carbonyl (C=O) groups is 2. The van der Waals surface area contributed by atoms with Crippen molar-refractivity contribution < 1.29 is 14.0 Å². The molecular weight excluding hydrogens is 317 g/mol. The van der Waals surface area contributed by atoms with Crippen molar-refractivity contribution in [3.63, 3.8) is 0 Å². The fourth-order valence-electron chi connectivity index (χ4n) is 3.45. The van der Waals surface area contributed by atoms with E-state index in [1.54, 1.807) is 32.9 Å². The Balaban J connectivity index is 1.93. The molecule has 124 valence electrons. The molecule has 0 bridgehead atoms. The lowest BCUT2D eigenvalue weighted by molar-refractivity contribution is 0.0925. The summed E-state index contributed by atoms with van der Waals surface area (Å²) in [5.41, 5.74) is 2.31. The second kappa shape index (κ2) is 5.24. The van der Waals surface area contributed by atoms with Crippen LogP contribution < -0.4 is 4.90 Å². The van der Waals surface area contributed by atoms with Gasteiger partial charge in [-0.2, -0.15) is 0 Å². The molecule has 0 unspecified atom stereocenters. The third kappa shape index (κ3) is 2.03. The second-order valence-corrected chi connectivity index (χ2v) is 6.42. The van der Waals surface area contributed by atoms with Crippen LogP contribution in [-0.2, 0) is 0 Å². The van der Waals surface area contributed by atoms with E-state index < -0.39 is 17.6 Å². The maximum Gasteiger partial charge on any atom is 0.269 e. The van der Waals surface area contributed by atoms with E-state index in [1.165, 1.54) is 0 Å². The molecule has 0 radical (unpaired) electrons. The summed E-state index contributed by atoms with van der Waals surface area (Å²) in [5.74, 6) is -1.66. The zero-order valence-corrected chi connectivity index (χ0v) is 14.2. The first-order valence-corrected chi connectivity index (χ1v) is 8.08. The minimum Gasteiger partial charge on any atom is -0.268 e. The van der Waals surface area contributed by atoms with Crippen LogP contribution in [0.4, 0.5) is 10.1 Å². The third-order valence-electron chi connectivity index (χ3n) is 5.12. The molecule has 3 aromatic carbocycles. The van der Waals surface area contributed by atoms with Gasteiger partial charge in [-0.25, -0.2) is 9.29 Å². The smallest absolute Gasteiger partial charge is 0.268 e. The van der Waals surface area contributed by atoms with Gasteiger partial charge in [-0.05, 0) is 60.4 Å². The van der Waals surface area contributed by atoms with Crippen LogP contribution in [0, 0.1) is 26.6 Å². The van der Waals surface area contributed by atoms with E-state index in [0.29, 0.717) is 22.4 Å². The number of hydrogen-bond acceptors (Lipinski definition) is 2. The summed E-state index contributed by atoms with van der Waals surface area (Å²) in [5, 5.41) is 1.93. The number of nitrogens with zero attached hydrogens (tertiary/aromatic N) is 1. The lowest BCUT2D eigenvalue weighted by Gasteiger charge is -2.14. The van der Waals surface area contributed by atoms with Gasteiger partial charge in [0.2, 0.25) is 0 Å². The Morgan fingerprint density at radius 3 is 2.12 bits per heavy atom. The molecule has 0 atom stereocenters. The average molecular weight is 333 g/mol. The van der Waals surface area contributed by atoms with E-state index in [-0.39, 0.29) is 11.1 Å². The Hall–Kier alpha value is -3.01. The van der Waals surface area contributed by atoms with Crippen LogP contribution in [0.25, 0.3) is 10.8 Å². The van der Waals surface area contributed by atoms with E-state index >= 15 is 0 Å².